The van der Waals surface area contributed by atoms with E-state index in [-0.39, 0.29) is 23.8 Å². The number of carbonyl (C=O) groups excluding carboxylic acids is 2. The summed E-state index contributed by atoms with van der Waals surface area (Å²) in [7, 11) is 0. The van der Waals surface area contributed by atoms with Gasteiger partial charge in [0, 0.05) is 19.1 Å². The topological polar surface area (TPSA) is 70.2 Å². The first-order valence-corrected chi connectivity index (χ1v) is 6.48. The molecule has 0 aromatic rings. The van der Waals surface area contributed by atoms with Gasteiger partial charge in [0.15, 0.2) is 0 Å². The van der Waals surface area contributed by atoms with Crippen molar-refractivity contribution in [2.75, 3.05) is 13.1 Å². The number of hydrogen-bond donors (Lipinski definition) is 3. The highest BCUT2D eigenvalue weighted by Crippen LogP contribution is 2.15. The van der Waals surface area contributed by atoms with Crippen LogP contribution in [0.5, 0.6) is 0 Å². The molecule has 2 heterocycles. The summed E-state index contributed by atoms with van der Waals surface area (Å²) in [4.78, 5) is 23.5. The average molecular weight is 239 g/mol. The quantitative estimate of drug-likeness (QED) is 0.623. The van der Waals surface area contributed by atoms with Gasteiger partial charge in [-0.05, 0) is 32.6 Å². The fraction of sp³-hybridized carbons (Fsp3) is 0.833. The number of rotatable bonds is 2. The van der Waals surface area contributed by atoms with Gasteiger partial charge in [-0.1, -0.05) is 0 Å². The molecule has 2 saturated heterocycles. The highest BCUT2D eigenvalue weighted by Gasteiger charge is 2.29. The summed E-state index contributed by atoms with van der Waals surface area (Å²) in [5.41, 5.74) is 0. The van der Waals surface area contributed by atoms with Gasteiger partial charge in [0.1, 0.15) is 6.04 Å². The van der Waals surface area contributed by atoms with Crippen LogP contribution >= 0.6 is 0 Å². The van der Waals surface area contributed by atoms with E-state index in [1.165, 1.54) is 0 Å². The van der Waals surface area contributed by atoms with Gasteiger partial charge < -0.3 is 16.0 Å². The molecule has 2 aliphatic rings. The van der Waals surface area contributed by atoms with Gasteiger partial charge in [-0.2, -0.15) is 0 Å². The zero-order chi connectivity index (χ0) is 12.3. The molecule has 2 aliphatic heterocycles. The number of carbonyl (C=O) groups is 2. The molecule has 3 atom stereocenters. The molecule has 0 bridgehead atoms. The maximum atomic E-state index is 12.0. The number of hydrogen-bond acceptors (Lipinski definition) is 3. The minimum atomic E-state index is -0.324. The van der Waals surface area contributed by atoms with Crippen LogP contribution in [0, 0.1) is 5.92 Å². The first-order chi connectivity index (χ1) is 8.16. The minimum absolute atomic E-state index is 0.0147. The lowest BCUT2D eigenvalue weighted by atomic mass is 9.94. The Bertz CT molecular complexity index is 298. The fourth-order valence-electron chi connectivity index (χ4n) is 2.42. The summed E-state index contributed by atoms with van der Waals surface area (Å²) in [5, 5.41) is 8.94. The van der Waals surface area contributed by atoms with Crippen LogP contribution in [-0.4, -0.2) is 37.0 Å². The largest absolute Gasteiger partial charge is 0.354 e. The van der Waals surface area contributed by atoms with E-state index in [0.29, 0.717) is 6.04 Å². The van der Waals surface area contributed by atoms with Gasteiger partial charge in [-0.25, -0.2) is 0 Å². The predicted octanol–water partition coefficient (Wildman–Crippen LogP) is -0.231. The second-order valence-corrected chi connectivity index (χ2v) is 5.08. The monoisotopic (exact) mass is 239 g/mol. The van der Waals surface area contributed by atoms with Crippen molar-refractivity contribution in [1.82, 2.24) is 16.0 Å². The summed E-state index contributed by atoms with van der Waals surface area (Å²) in [6, 6.07) is 0.174. The van der Waals surface area contributed by atoms with Crippen molar-refractivity contribution in [2.24, 2.45) is 5.92 Å². The predicted molar refractivity (Wildman–Crippen MR) is 64.4 cm³/mol. The summed E-state index contributed by atoms with van der Waals surface area (Å²) in [6.07, 6.45) is 3.63. The van der Waals surface area contributed by atoms with Crippen LogP contribution in [0.2, 0.25) is 0 Å². The molecule has 0 aromatic heterocycles. The van der Waals surface area contributed by atoms with E-state index in [2.05, 4.69) is 22.9 Å². The molecule has 0 saturated carbocycles. The molecule has 96 valence electrons. The van der Waals surface area contributed by atoms with Crippen molar-refractivity contribution in [2.45, 2.75) is 44.7 Å². The lowest BCUT2D eigenvalue weighted by molar-refractivity contribution is -0.132. The highest BCUT2D eigenvalue weighted by atomic mass is 16.2. The summed E-state index contributed by atoms with van der Waals surface area (Å²) in [6.45, 7) is 3.58. The minimum Gasteiger partial charge on any atom is -0.354 e. The van der Waals surface area contributed by atoms with Gasteiger partial charge in [0.2, 0.25) is 11.8 Å². The van der Waals surface area contributed by atoms with Crippen molar-refractivity contribution in [3.05, 3.63) is 0 Å². The van der Waals surface area contributed by atoms with Crippen LogP contribution in [0.3, 0.4) is 0 Å². The van der Waals surface area contributed by atoms with Crippen molar-refractivity contribution in [3.63, 3.8) is 0 Å². The lowest BCUT2D eigenvalue weighted by Gasteiger charge is -2.29. The summed E-state index contributed by atoms with van der Waals surface area (Å²) < 4.78 is 0. The van der Waals surface area contributed by atoms with E-state index >= 15 is 0 Å². The van der Waals surface area contributed by atoms with E-state index in [0.717, 1.165) is 38.8 Å². The molecule has 3 N–H and O–H groups in total. The van der Waals surface area contributed by atoms with Crippen molar-refractivity contribution in [3.8, 4) is 0 Å². The molecule has 17 heavy (non-hydrogen) atoms. The Kier molecular flexibility index (Phi) is 3.99. The van der Waals surface area contributed by atoms with Crippen molar-refractivity contribution < 1.29 is 9.59 Å². The van der Waals surface area contributed by atoms with Crippen LogP contribution < -0.4 is 16.0 Å². The third-order valence-electron chi connectivity index (χ3n) is 3.63. The first-order valence-electron chi connectivity index (χ1n) is 6.48. The molecule has 2 rings (SSSR count). The standard InChI is InChI=1S/C12H21N3O2/c1-8-4-5-9(7-14-8)11(16)15-10-3-2-6-13-12(10)17/h8-10,14H,2-7H2,1H3,(H,13,17)(H,15,16). The second-order valence-electron chi connectivity index (χ2n) is 5.08. The van der Waals surface area contributed by atoms with E-state index < -0.39 is 0 Å². The second kappa shape index (κ2) is 5.49. The summed E-state index contributed by atoms with van der Waals surface area (Å²) in [5.74, 6) is -0.00545. The maximum absolute atomic E-state index is 12.0. The molecular formula is C12H21N3O2. The number of amides is 2. The van der Waals surface area contributed by atoms with Gasteiger partial charge >= 0.3 is 0 Å². The normalized spacial score (nSPS) is 33.9. The van der Waals surface area contributed by atoms with E-state index in [9.17, 15) is 9.59 Å². The Morgan fingerprint density at radius 3 is 2.82 bits per heavy atom. The third-order valence-corrected chi connectivity index (χ3v) is 3.63. The van der Waals surface area contributed by atoms with Crippen molar-refractivity contribution >= 4 is 11.8 Å². The van der Waals surface area contributed by atoms with E-state index in [1.54, 1.807) is 0 Å². The third kappa shape index (κ3) is 3.19. The Hall–Kier alpha value is -1.10. The highest BCUT2D eigenvalue weighted by molar-refractivity contribution is 5.89. The van der Waals surface area contributed by atoms with E-state index in [4.69, 9.17) is 0 Å². The number of nitrogens with one attached hydrogen (secondary N) is 3. The Morgan fingerprint density at radius 2 is 2.18 bits per heavy atom. The fourth-order valence-corrected chi connectivity index (χ4v) is 2.42. The Labute approximate surface area is 102 Å². The molecule has 3 unspecified atom stereocenters. The average Bonchev–Trinajstić information content (AvgIpc) is 2.33. The number of piperidine rings is 2. The van der Waals surface area contributed by atoms with Crippen LogP contribution in [0.15, 0.2) is 0 Å². The van der Waals surface area contributed by atoms with Crippen LogP contribution in [0.4, 0.5) is 0 Å². The zero-order valence-corrected chi connectivity index (χ0v) is 10.3. The molecule has 2 amide bonds. The maximum Gasteiger partial charge on any atom is 0.242 e. The van der Waals surface area contributed by atoms with Gasteiger partial charge in [-0.15, -0.1) is 0 Å². The zero-order valence-electron chi connectivity index (χ0n) is 10.3. The van der Waals surface area contributed by atoms with Crippen LogP contribution in [0.1, 0.15) is 32.6 Å². The smallest absolute Gasteiger partial charge is 0.242 e. The summed E-state index contributed by atoms with van der Waals surface area (Å²) >= 11 is 0. The molecule has 0 aliphatic carbocycles. The lowest BCUT2D eigenvalue weighted by Crippen LogP contribution is -2.53. The van der Waals surface area contributed by atoms with Gasteiger partial charge in [-0.3, -0.25) is 9.59 Å². The van der Waals surface area contributed by atoms with Crippen LogP contribution in [-0.2, 0) is 9.59 Å². The first kappa shape index (κ1) is 12.4. The Balaban J connectivity index is 1.82. The molecule has 2 fully saturated rings. The SMILES string of the molecule is CC1CCC(C(=O)NC2CCCNC2=O)CN1. The molecule has 5 nitrogen and oxygen atoms in total. The molecule has 0 spiro atoms. The molecular weight excluding hydrogens is 218 g/mol. The van der Waals surface area contributed by atoms with Crippen molar-refractivity contribution in [1.29, 1.82) is 0 Å². The van der Waals surface area contributed by atoms with Gasteiger partial charge in [0.25, 0.3) is 0 Å². The van der Waals surface area contributed by atoms with Crippen LogP contribution in [0.25, 0.3) is 0 Å². The van der Waals surface area contributed by atoms with E-state index in [1.807, 2.05) is 0 Å². The Morgan fingerprint density at radius 1 is 1.35 bits per heavy atom. The van der Waals surface area contributed by atoms with Gasteiger partial charge in [0.05, 0.1) is 5.92 Å². The molecule has 0 aromatic carbocycles. The molecule has 5 heteroatoms. The molecule has 0 radical (unpaired) electrons.